The van der Waals surface area contributed by atoms with Gasteiger partial charge < -0.3 is 15.5 Å². The molecule has 0 saturated heterocycles. The first-order chi connectivity index (χ1) is 16.0. The molecular formula is C26H31F2N3O2. The number of H-pyrrole nitrogens is 1. The monoisotopic (exact) mass is 455 g/mol. The molecule has 1 atom stereocenters. The number of benzene rings is 2. The molecular weight excluding hydrogens is 424 g/mol. The fraction of sp³-hybridized carbons (Fsp3) is 0.423. The third kappa shape index (κ3) is 5.19. The van der Waals surface area contributed by atoms with Crippen LogP contribution in [0.5, 0.6) is 5.75 Å². The lowest BCUT2D eigenvalue weighted by Crippen LogP contribution is -2.45. The minimum Gasteiger partial charge on any atom is -0.489 e. The lowest BCUT2D eigenvalue weighted by Gasteiger charge is -2.36. The number of hydrogen-bond donors (Lipinski definition) is 2. The van der Waals surface area contributed by atoms with E-state index in [2.05, 4.69) is 16.8 Å². The summed E-state index contributed by atoms with van der Waals surface area (Å²) in [4.78, 5) is 17.5. The molecule has 7 heteroatoms. The SMILES string of the molecule is CCCCCN(CCCc1c[nH]c2ccc(F)cc12)C1COc2c(F)ccc(C(N)=O)c2C1. The highest BCUT2D eigenvalue weighted by molar-refractivity contribution is 5.95. The summed E-state index contributed by atoms with van der Waals surface area (Å²) < 4.78 is 33.8. The van der Waals surface area contributed by atoms with E-state index in [0.29, 0.717) is 24.2 Å². The van der Waals surface area contributed by atoms with Gasteiger partial charge in [0.2, 0.25) is 5.91 Å². The van der Waals surface area contributed by atoms with Gasteiger partial charge in [0.1, 0.15) is 12.4 Å². The standard InChI is InChI=1S/C26H31F2N3O2/c1-2-3-4-11-31(12-5-6-17-15-30-24-10-7-18(27)13-21(17)24)19-14-22-20(26(29)32)8-9-23(28)25(22)33-16-19/h7-10,13,15,19,30H,2-6,11-12,14,16H2,1H3,(H2,29,32). The molecule has 1 amide bonds. The topological polar surface area (TPSA) is 71.3 Å². The molecule has 0 fully saturated rings. The van der Waals surface area contributed by atoms with Crippen molar-refractivity contribution in [2.45, 2.75) is 51.5 Å². The number of aromatic nitrogens is 1. The molecule has 0 aliphatic carbocycles. The summed E-state index contributed by atoms with van der Waals surface area (Å²) in [7, 11) is 0. The van der Waals surface area contributed by atoms with Gasteiger partial charge in [-0.15, -0.1) is 0 Å². The van der Waals surface area contributed by atoms with Gasteiger partial charge in [0.05, 0.1) is 0 Å². The number of unbranched alkanes of at least 4 members (excludes halogenated alkanes) is 2. The second kappa shape index (κ2) is 10.3. The predicted octanol–water partition coefficient (Wildman–Crippen LogP) is 4.97. The highest BCUT2D eigenvalue weighted by Gasteiger charge is 2.30. The van der Waals surface area contributed by atoms with Gasteiger partial charge in [0.15, 0.2) is 11.6 Å². The van der Waals surface area contributed by atoms with Crippen molar-refractivity contribution in [2.24, 2.45) is 5.73 Å². The number of ether oxygens (including phenoxy) is 1. The molecule has 3 N–H and O–H groups in total. The molecule has 5 nitrogen and oxygen atoms in total. The van der Waals surface area contributed by atoms with Crippen LogP contribution >= 0.6 is 0 Å². The Morgan fingerprint density at radius 1 is 1.18 bits per heavy atom. The van der Waals surface area contributed by atoms with Crippen LogP contribution in [-0.2, 0) is 12.8 Å². The highest BCUT2D eigenvalue weighted by atomic mass is 19.1. The van der Waals surface area contributed by atoms with Crippen molar-refractivity contribution in [3.63, 3.8) is 0 Å². The van der Waals surface area contributed by atoms with E-state index in [0.717, 1.165) is 61.7 Å². The van der Waals surface area contributed by atoms with E-state index in [1.165, 1.54) is 18.2 Å². The van der Waals surface area contributed by atoms with Crippen LogP contribution in [0, 0.1) is 11.6 Å². The number of nitrogens with zero attached hydrogens (tertiary/aromatic N) is 1. The van der Waals surface area contributed by atoms with Crippen LogP contribution in [-0.4, -0.2) is 41.5 Å². The second-order valence-corrected chi connectivity index (χ2v) is 8.79. The molecule has 1 aromatic heterocycles. The van der Waals surface area contributed by atoms with Crippen molar-refractivity contribution < 1.29 is 18.3 Å². The number of hydrogen-bond acceptors (Lipinski definition) is 3. The molecule has 1 aliphatic rings. The Morgan fingerprint density at radius 3 is 2.79 bits per heavy atom. The van der Waals surface area contributed by atoms with Crippen LogP contribution in [0.15, 0.2) is 36.5 Å². The second-order valence-electron chi connectivity index (χ2n) is 8.79. The Balaban J connectivity index is 1.47. The molecule has 1 unspecified atom stereocenters. The maximum atomic E-state index is 14.3. The molecule has 4 rings (SSSR count). The summed E-state index contributed by atoms with van der Waals surface area (Å²) in [6, 6.07) is 7.52. The molecule has 0 bridgehead atoms. The van der Waals surface area contributed by atoms with Crippen LogP contribution in [0.3, 0.4) is 0 Å². The van der Waals surface area contributed by atoms with Crippen LogP contribution < -0.4 is 10.5 Å². The van der Waals surface area contributed by atoms with E-state index in [-0.39, 0.29) is 17.6 Å². The fourth-order valence-corrected chi connectivity index (χ4v) is 4.77. The maximum Gasteiger partial charge on any atom is 0.249 e. The Labute approximate surface area is 192 Å². The molecule has 0 spiro atoms. The number of halogens is 2. The first kappa shape index (κ1) is 23.2. The Bertz CT molecular complexity index is 1130. The first-order valence-electron chi connectivity index (χ1n) is 11.7. The van der Waals surface area contributed by atoms with Gasteiger partial charge >= 0.3 is 0 Å². The minimum absolute atomic E-state index is 0.0367. The zero-order valence-electron chi connectivity index (χ0n) is 19.0. The summed E-state index contributed by atoms with van der Waals surface area (Å²) >= 11 is 0. The normalized spacial score (nSPS) is 15.6. The van der Waals surface area contributed by atoms with Crippen molar-refractivity contribution in [2.75, 3.05) is 19.7 Å². The number of fused-ring (bicyclic) bond motifs is 2. The predicted molar refractivity (Wildman–Crippen MR) is 126 cm³/mol. The molecule has 1 aliphatic heterocycles. The van der Waals surface area contributed by atoms with Crippen LogP contribution in [0.4, 0.5) is 8.78 Å². The van der Waals surface area contributed by atoms with E-state index < -0.39 is 11.7 Å². The van der Waals surface area contributed by atoms with Gasteiger partial charge in [-0.2, -0.15) is 0 Å². The summed E-state index contributed by atoms with van der Waals surface area (Å²) in [5, 5.41) is 0.920. The van der Waals surface area contributed by atoms with E-state index in [4.69, 9.17) is 10.5 Å². The van der Waals surface area contributed by atoms with Crippen molar-refractivity contribution in [1.82, 2.24) is 9.88 Å². The van der Waals surface area contributed by atoms with Gasteiger partial charge in [-0.3, -0.25) is 9.69 Å². The largest absolute Gasteiger partial charge is 0.489 e. The summed E-state index contributed by atoms with van der Waals surface area (Å²) in [5.41, 5.74) is 8.46. The Hall–Kier alpha value is -2.93. The first-order valence-corrected chi connectivity index (χ1v) is 11.7. The molecule has 176 valence electrons. The molecule has 33 heavy (non-hydrogen) atoms. The summed E-state index contributed by atoms with van der Waals surface area (Å²) in [6.07, 6.45) is 7.50. The van der Waals surface area contributed by atoms with Crippen LogP contribution in [0.1, 0.15) is 54.1 Å². The number of aromatic amines is 1. The number of amides is 1. The van der Waals surface area contributed by atoms with Crippen molar-refractivity contribution in [1.29, 1.82) is 0 Å². The van der Waals surface area contributed by atoms with Gasteiger partial charge in [-0.25, -0.2) is 8.78 Å². The van der Waals surface area contributed by atoms with E-state index >= 15 is 0 Å². The minimum atomic E-state index is -0.570. The van der Waals surface area contributed by atoms with E-state index in [9.17, 15) is 13.6 Å². The van der Waals surface area contributed by atoms with Gasteiger partial charge in [-0.1, -0.05) is 19.8 Å². The Morgan fingerprint density at radius 2 is 2.00 bits per heavy atom. The third-order valence-corrected chi connectivity index (χ3v) is 6.52. The number of primary amides is 1. The Kier molecular flexibility index (Phi) is 7.28. The lowest BCUT2D eigenvalue weighted by molar-refractivity contribution is 0.0983. The van der Waals surface area contributed by atoms with E-state index in [1.807, 2.05) is 6.20 Å². The molecule has 0 saturated carbocycles. The van der Waals surface area contributed by atoms with Crippen molar-refractivity contribution in [3.05, 3.63) is 64.9 Å². The van der Waals surface area contributed by atoms with Crippen molar-refractivity contribution in [3.8, 4) is 5.75 Å². The summed E-state index contributed by atoms with van der Waals surface area (Å²) in [6.45, 7) is 4.27. The molecule has 2 heterocycles. The average Bonchev–Trinajstić information content (AvgIpc) is 3.20. The number of nitrogens with two attached hydrogens (primary N) is 1. The number of carbonyl (C=O) groups excluding carboxylic acids is 1. The van der Waals surface area contributed by atoms with Crippen LogP contribution in [0.25, 0.3) is 10.9 Å². The van der Waals surface area contributed by atoms with E-state index in [1.54, 1.807) is 12.1 Å². The number of rotatable bonds is 10. The number of carbonyl (C=O) groups is 1. The quantitative estimate of drug-likeness (QED) is 0.424. The third-order valence-electron chi connectivity index (χ3n) is 6.52. The molecule has 2 aromatic carbocycles. The van der Waals surface area contributed by atoms with Gasteiger partial charge in [0.25, 0.3) is 0 Å². The number of aryl methyl sites for hydroxylation is 1. The highest BCUT2D eigenvalue weighted by Crippen LogP contribution is 2.32. The maximum absolute atomic E-state index is 14.3. The molecule has 0 radical (unpaired) electrons. The average molecular weight is 456 g/mol. The van der Waals surface area contributed by atoms with Crippen molar-refractivity contribution >= 4 is 16.8 Å². The summed E-state index contributed by atoms with van der Waals surface area (Å²) in [5.74, 6) is -1.12. The lowest BCUT2D eigenvalue weighted by atomic mass is 9.95. The van der Waals surface area contributed by atoms with Gasteiger partial charge in [-0.05, 0) is 74.7 Å². The molecule has 3 aromatic rings. The zero-order valence-corrected chi connectivity index (χ0v) is 19.0. The fourth-order valence-electron chi connectivity index (χ4n) is 4.77. The smallest absolute Gasteiger partial charge is 0.249 e. The van der Waals surface area contributed by atoms with Crippen LogP contribution in [0.2, 0.25) is 0 Å². The number of nitrogens with one attached hydrogen (secondary N) is 1. The van der Waals surface area contributed by atoms with Gasteiger partial charge in [0, 0.05) is 34.3 Å². The zero-order chi connectivity index (χ0) is 23.4.